The van der Waals surface area contributed by atoms with E-state index in [1.54, 1.807) is 0 Å². The highest BCUT2D eigenvalue weighted by Gasteiger charge is 2.23. The number of fused-ring (bicyclic) bond motifs is 1. The van der Waals surface area contributed by atoms with Crippen LogP contribution in [0.2, 0.25) is 0 Å². The van der Waals surface area contributed by atoms with Crippen molar-refractivity contribution in [3.8, 4) is 0 Å². The molecule has 10 heteroatoms. The molecule has 0 amide bonds. The van der Waals surface area contributed by atoms with Gasteiger partial charge in [-0.25, -0.2) is 0 Å². The maximum atomic E-state index is 10.6. The van der Waals surface area contributed by atoms with Crippen LogP contribution in [0.5, 0.6) is 0 Å². The fourth-order valence-corrected chi connectivity index (χ4v) is 1.00. The summed E-state index contributed by atoms with van der Waals surface area (Å²) in [6, 6.07) is 0. The largest absolute Gasteiger partial charge is 0.378 e. The third-order valence-corrected chi connectivity index (χ3v) is 1.56. The molecule has 2 rings (SSSR count). The minimum Gasteiger partial charge on any atom is -0.378 e. The Kier molecular flexibility index (Phi) is 1.44. The number of nitrogen functional groups attached to an aromatic ring is 2. The number of anilines is 2. The lowest BCUT2D eigenvalue weighted by Gasteiger charge is -1.98. The number of nitro groups is 1. The van der Waals surface area contributed by atoms with Gasteiger partial charge in [-0.15, -0.1) is 5.10 Å². The van der Waals surface area contributed by atoms with E-state index >= 15 is 0 Å². The molecule has 10 nitrogen and oxygen atoms in total. The molecule has 0 unspecified atom stereocenters. The number of aromatic nitrogens is 5. The molecule has 0 saturated carbocycles. The van der Waals surface area contributed by atoms with Crippen molar-refractivity contribution in [3.05, 3.63) is 10.1 Å². The summed E-state index contributed by atoms with van der Waals surface area (Å²) in [6.07, 6.45) is 0. The number of nitrogens with zero attached hydrogens (tertiary/aromatic N) is 6. The Hall–Kier alpha value is -2.52. The predicted octanol–water partition coefficient (Wildman–Crippen LogP) is -1.41. The van der Waals surface area contributed by atoms with Gasteiger partial charge >= 0.3 is 5.69 Å². The lowest BCUT2D eigenvalue weighted by Crippen LogP contribution is -2.08. The Morgan fingerprint density at radius 3 is 2.79 bits per heavy atom. The highest BCUT2D eigenvalue weighted by molar-refractivity contribution is 5.71. The van der Waals surface area contributed by atoms with Gasteiger partial charge in [0, 0.05) is 0 Å². The highest BCUT2D eigenvalue weighted by atomic mass is 16.6. The molecule has 0 radical (unpaired) electrons. The molecule has 72 valence electrons. The van der Waals surface area contributed by atoms with Gasteiger partial charge in [0.05, 0.1) is 4.92 Å². The lowest BCUT2D eigenvalue weighted by atomic mass is 10.4. The Morgan fingerprint density at radius 1 is 1.43 bits per heavy atom. The SMILES string of the molecule is Nc1nc(N)n2nnnc2c1[N+](=O)[O-]. The van der Waals surface area contributed by atoms with Gasteiger partial charge in [0.1, 0.15) is 0 Å². The van der Waals surface area contributed by atoms with Crippen molar-refractivity contribution in [2.24, 2.45) is 0 Å². The summed E-state index contributed by atoms with van der Waals surface area (Å²) in [7, 11) is 0. The summed E-state index contributed by atoms with van der Waals surface area (Å²) >= 11 is 0. The van der Waals surface area contributed by atoms with Crippen molar-refractivity contribution < 1.29 is 4.92 Å². The number of tetrazole rings is 1. The molecule has 0 aliphatic carbocycles. The Balaban J connectivity index is 2.93. The first-order valence-corrected chi connectivity index (χ1v) is 3.38. The summed E-state index contributed by atoms with van der Waals surface area (Å²) in [6.45, 7) is 0. The standard InChI is InChI=1S/C4H4N8O2/c5-2-1(12(13)14)3-8-9-10-11(3)4(6)7-2/h5H2,(H2,6,7). The van der Waals surface area contributed by atoms with Gasteiger partial charge in [0.2, 0.25) is 11.8 Å². The molecule has 0 atom stereocenters. The molecule has 2 heterocycles. The van der Waals surface area contributed by atoms with Crippen LogP contribution >= 0.6 is 0 Å². The topological polar surface area (TPSA) is 151 Å². The number of hydrogen-bond acceptors (Lipinski definition) is 8. The second-order valence-corrected chi connectivity index (χ2v) is 2.38. The summed E-state index contributed by atoms with van der Waals surface area (Å²) < 4.78 is 0.939. The summed E-state index contributed by atoms with van der Waals surface area (Å²) in [5.74, 6) is -0.414. The molecule has 2 aromatic heterocycles. The van der Waals surface area contributed by atoms with Crippen molar-refractivity contribution in [1.82, 2.24) is 25.0 Å². The van der Waals surface area contributed by atoms with Crippen molar-refractivity contribution in [1.29, 1.82) is 0 Å². The summed E-state index contributed by atoms with van der Waals surface area (Å²) in [5, 5.41) is 20.6. The van der Waals surface area contributed by atoms with E-state index in [0.717, 1.165) is 4.52 Å². The lowest BCUT2D eigenvalue weighted by molar-refractivity contribution is -0.382. The van der Waals surface area contributed by atoms with Gasteiger partial charge in [-0.2, -0.15) is 9.50 Å². The van der Waals surface area contributed by atoms with Crippen LogP contribution in [0, 0.1) is 10.1 Å². The maximum absolute atomic E-state index is 10.6. The second-order valence-electron chi connectivity index (χ2n) is 2.38. The van der Waals surface area contributed by atoms with E-state index < -0.39 is 10.6 Å². The van der Waals surface area contributed by atoms with Crippen LogP contribution in [0.1, 0.15) is 0 Å². The quantitative estimate of drug-likeness (QED) is 0.416. The fraction of sp³-hybridized carbons (Fsp3) is 0. The first-order valence-electron chi connectivity index (χ1n) is 3.38. The minimum absolute atomic E-state index is 0.104. The highest BCUT2D eigenvalue weighted by Crippen LogP contribution is 2.24. The van der Waals surface area contributed by atoms with Crippen LogP contribution in [0.25, 0.3) is 5.65 Å². The molecule has 0 saturated heterocycles. The minimum atomic E-state index is -0.715. The molecular weight excluding hydrogens is 192 g/mol. The molecule has 0 aliphatic rings. The fourth-order valence-electron chi connectivity index (χ4n) is 1.00. The maximum Gasteiger partial charge on any atom is 0.357 e. The molecule has 4 N–H and O–H groups in total. The molecule has 0 spiro atoms. The van der Waals surface area contributed by atoms with Crippen molar-refractivity contribution in [2.75, 3.05) is 11.5 Å². The van der Waals surface area contributed by atoms with Gasteiger partial charge in [0.15, 0.2) is 0 Å². The molecule has 2 aromatic rings. The third-order valence-electron chi connectivity index (χ3n) is 1.56. The van der Waals surface area contributed by atoms with Crippen LogP contribution in [-0.2, 0) is 0 Å². The van der Waals surface area contributed by atoms with E-state index in [0.29, 0.717) is 0 Å². The molecule has 0 aromatic carbocycles. The summed E-state index contributed by atoms with van der Waals surface area (Å²) in [5.41, 5.74) is 10.1. The zero-order chi connectivity index (χ0) is 10.3. The van der Waals surface area contributed by atoms with E-state index in [1.807, 2.05) is 0 Å². The summed E-state index contributed by atoms with van der Waals surface area (Å²) in [4.78, 5) is 13.4. The van der Waals surface area contributed by atoms with E-state index in [4.69, 9.17) is 11.5 Å². The molecule has 0 fully saturated rings. The van der Waals surface area contributed by atoms with E-state index in [-0.39, 0.29) is 17.4 Å². The van der Waals surface area contributed by atoms with Crippen molar-refractivity contribution in [3.63, 3.8) is 0 Å². The van der Waals surface area contributed by atoms with Gasteiger partial charge in [0.25, 0.3) is 5.65 Å². The van der Waals surface area contributed by atoms with Crippen LogP contribution in [0.3, 0.4) is 0 Å². The van der Waals surface area contributed by atoms with Crippen LogP contribution in [0.15, 0.2) is 0 Å². The van der Waals surface area contributed by atoms with Crippen molar-refractivity contribution in [2.45, 2.75) is 0 Å². The number of rotatable bonds is 1. The average Bonchev–Trinajstić information content (AvgIpc) is 2.51. The van der Waals surface area contributed by atoms with E-state index in [2.05, 4.69) is 20.5 Å². The van der Waals surface area contributed by atoms with Crippen molar-refractivity contribution >= 4 is 23.1 Å². The van der Waals surface area contributed by atoms with Gasteiger partial charge in [-0.3, -0.25) is 10.1 Å². The third kappa shape index (κ3) is 0.903. The number of nitrogens with two attached hydrogens (primary N) is 2. The first-order chi connectivity index (χ1) is 6.61. The number of hydrogen-bond donors (Lipinski definition) is 2. The van der Waals surface area contributed by atoms with Gasteiger partial charge in [-0.1, -0.05) is 0 Å². The molecule has 0 bridgehead atoms. The normalized spacial score (nSPS) is 10.6. The Bertz CT molecular complexity index is 517. The smallest absolute Gasteiger partial charge is 0.357 e. The Labute approximate surface area is 75.7 Å². The van der Waals surface area contributed by atoms with Gasteiger partial charge in [-0.05, 0) is 10.4 Å². The zero-order valence-corrected chi connectivity index (χ0v) is 6.65. The van der Waals surface area contributed by atoms with Gasteiger partial charge < -0.3 is 11.5 Å². The van der Waals surface area contributed by atoms with E-state index in [9.17, 15) is 10.1 Å². The van der Waals surface area contributed by atoms with Crippen LogP contribution < -0.4 is 11.5 Å². The predicted molar refractivity (Wildman–Crippen MR) is 44.1 cm³/mol. The van der Waals surface area contributed by atoms with E-state index in [1.165, 1.54) is 0 Å². The first kappa shape index (κ1) is 8.10. The molecule has 0 aliphatic heterocycles. The molecular formula is C4H4N8O2. The zero-order valence-electron chi connectivity index (χ0n) is 6.65. The average molecular weight is 196 g/mol. The second kappa shape index (κ2) is 2.48. The monoisotopic (exact) mass is 196 g/mol. The van der Waals surface area contributed by atoms with Crippen LogP contribution in [-0.4, -0.2) is 29.9 Å². The molecule has 14 heavy (non-hydrogen) atoms. The Morgan fingerprint density at radius 2 is 2.14 bits per heavy atom. The van der Waals surface area contributed by atoms with Crippen LogP contribution in [0.4, 0.5) is 17.5 Å².